The minimum Gasteiger partial charge on any atom is -0.396 e. The third-order valence-electron chi connectivity index (χ3n) is 1.28. The topological polar surface area (TPSA) is 38.9 Å². The predicted octanol–water partition coefficient (Wildman–Crippen LogP) is 2.35. The van der Waals surface area contributed by atoms with E-state index in [0.717, 1.165) is 6.20 Å². The number of nitrogens with zero attached hydrogens (tertiary/aromatic N) is 1. The first-order valence-electron chi connectivity index (χ1n) is 2.91. The molecule has 0 spiro atoms. The molecule has 0 aliphatic heterocycles. The Hall–Kier alpha value is -0.530. The summed E-state index contributed by atoms with van der Waals surface area (Å²) in [5, 5.41) is 0. The van der Waals surface area contributed by atoms with Crippen molar-refractivity contribution < 1.29 is 13.2 Å². The molecule has 1 rings (SSSR count). The lowest BCUT2D eigenvalue weighted by molar-refractivity contribution is 0.151. The van der Waals surface area contributed by atoms with Crippen molar-refractivity contribution >= 4 is 28.3 Å². The van der Waals surface area contributed by atoms with Crippen molar-refractivity contribution in [1.82, 2.24) is 4.98 Å². The molecule has 0 aliphatic carbocycles. The third-order valence-corrected chi connectivity index (χ3v) is 2.03. The van der Waals surface area contributed by atoms with Gasteiger partial charge in [0, 0.05) is 6.20 Å². The zero-order chi connectivity index (χ0) is 9.30. The molecule has 12 heavy (non-hydrogen) atoms. The van der Waals surface area contributed by atoms with E-state index < -0.39 is 23.5 Å². The second-order valence-electron chi connectivity index (χ2n) is 2.03. The Morgan fingerprint density at radius 3 is 2.58 bits per heavy atom. The van der Waals surface area contributed by atoms with E-state index in [4.69, 9.17) is 5.73 Å². The van der Waals surface area contributed by atoms with E-state index in [9.17, 15) is 13.2 Å². The number of aromatic nitrogens is 1. The fourth-order valence-electron chi connectivity index (χ4n) is 0.664. The van der Waals surface area contributed by atoms with Gasteiger partial charge in [0.05, 0.1) is 11.3 Å². The van der Waals surface area contributed by atoms with Gasteiger partial charge in [-0.1, -0.05) is 0 Å². The van der Waals surface area contributed by atoms with E-state index in [1.165, 1.54) is 0 Å². The molecule has 0 unspecified atom stereocenters. The number of nitrogens with two attached hydrogens (primary N) is 1. The Morgan fingerprint density at radius 1 is 1.50 bits per heavy atom. The lowest BCUT2D eigenvalue weighted by atomic mass is 10.2. The zero-order valence-electron chi connectivity index (χ0n) is 5.69. The van der Waals surface area contributed by atoms with Gasteiger partial charge in [-0.05, 0) is 22.6 Å². The van der Waals surface area contributed by atoms with Gasteiger partial charge in [0.25, 0.3) is 6.43 Å². The van der Waals surface area contributed by atoms with Crippen molar-refractivity contribution in [1.29, 1.82) is 0 Å². The van der Waals surface area contributed by atoms with Crippen LogP contribution in [-0.4, -0.2) is 4.98 Å². The highest BCUT2D eigenvalue weighted by atomic mass is 127. The number of rotatable bonds is 1. The Balaban J connectivity index is 3.27. The van der Waals surface area contributed by atoms with Crippen LogP contribution in [0.15, 0.2) is 6.20 Å². The summed E-state index contributed by atoms with van der Waals surface area (Å²) in [6.45, 7) is 0. The first kappa shape index (κ1) is 9.56. The van der Waals surface area contributed by atoms with Crippen molar-refractivity contribution in [3.8, 4) is 0 Å². The van der Waals surface area contributed by atoms with Gasteiger partial charge in [-0.15, -0.1) is 0 Å². The van der Waals surface area contributed by atoms with Crippen LogP contribution in [0.3, 0.4) is 0 Å². The molecule has 0 amide bonds. The molecule has 1 aromatic heterocycles. The maximum Gasteiger partial charge on any atom is 0.267 e. The summed E-state index contributed by atoms with van der Waals surface area (Å²) < 4.78 is 36.9. The van der Waals surface area contributed by atoms with Crippen LogP contribution in [0.25, 0.3) is 0 Å². The fraction of sp³-hybridized carbons (Fsp3) is 0.167. The van der Waals surface area contributed by atoms with E-state index in [1.54, 1.807) is 22.6 Å². The highest BCUT2D eigenvalue weighted by Crippen LogP contribution is 2.27. The Labute approximate surface area is 80.1 Å². The van der Waals surface area contributed by atoms with E-state index in [-0.39, 0.29) is 3.70 Å². The summed E-state index contributed by atoms with van der Waals surface area (Å²) in [6.07, 6.45) is -1.91. The highest BCUT2D eigenvalue weighted by molar-refractivity contribution is 14.1. The summed E-state index contributed by atoms with van der Waals surface area (Å²) in [4.78, 5) is 3.41. The van der Waals surface area contributed by atoms with Gasteiger partial charge < -0.3 is 5.73 Å². The number of pyridine rings is 1. The maximum atomic E-state index is 12.8. The second-order valence-corrected chi connectivity index (χ2v) is 3.05. The molecule has 0 radical (unpaired) electrons. The molecule has 0 saturated heterocycles. The molecule has 0 aliphatic rings. The largest absolute Gasteiger partial charge is 0.396 e. The van der Waals surface area contributed by atoms with Crippen molar-refractivity contribution in [3.05, 3.63) is 21.3 Å². The molecular formula is C6H4F3IN2. The number of anilines is 1. The van der Waals surface area contributed by atoms with Crippen LogP contribution in [0.1, 0.15) is 12.0 Å². The van der Waals surface area contributed by atoms with Crippen LogP contribution in [-0.2, 0) is 0 Å². The number of hydrogen-bond donors (Lipinski definition) is 1. The first-order valence-corrected chi connectivity index (χ1v) is 3.99. The SMILES string of the molecule is Nc1c(C(F)F)cnc(I)c1F. The van der Waals surface area contributed by atoms with Gasteiger partial charge in [-0.25, -0.2) is 18.2 Å². The van der Waals surface area contributed by atoms with Gasteiger partial charge in [-0.3, -0.25) is 0 Å². The molecule has 0 atom stereocenters. The van der Waals surface area contributed by atoms with Crippen LogP contribution < -0.4 is 5.73 Å². The molecular weight excluding hydrogens is 284 g/mol. The number of alkyl halides is 2. The van der Waals surface area contributed by atoms with Crippen molar-refractivity contribution in [2.75, 3.05) is 5.73 Å². The first-order chi connectivity index (χ1) is 5.54. The standard InChI is InChI=1S/C6H4F3IN2/c7-3-4(11)2(5(8)9)1-12-6(3)10/h1,5H,(H2,11,12). The number of halogens is 4. The summed E-state index contributed by atoms with van der Waals surface area (Å²) in [6, 6.07) is 0. The monoisotopic (exact) mass is 288 g/mol. The highest BCUT2D eigenvalue weighted by Gasteiger charge is 2.16. The van der Waals surface area contributed by atoms with Gasteiger partial charge >= 0.3 is 0 Å². The third kappa shape index (κ3) is 1.62. The normalized spacial score (nSPS) is 10.8. The summed E-state index contributed by atoms with van der Waals surface area (Å²) in [5.41, 5.74) is 4.00. The van der Waals surface area contributed by atoms with Crippen molar-refractivity contribution in [2.24, 2.45) is 0 Å². The van der Waals surface area contributed by atoms with Crippen LogP contribution in [0, 0.1) is 9.52 Å². The second kappa shape index (κ2) is 3.46. The molecule has 2 N–H and O–H groups in total. The van der Waals surface area contributed by atoms with Gasteiger partial charge in [-0.2, -0.15) is 0 Å². The molecule has 0 fully saturated rings. The molecule has 66 valence electrons. The summed E-state index contributed by atoms with van der Waals surface area (Å²) in [7, 11) is 0. The van der Waals surface area contributed by atoms with E-state index in [0.29, 0.717) is 0 Å². The molecule has 0 bridgehead atoms. The quantitative estimate of drug-likeness (QED) is 0.636. The van der Waals surface area contributed by atoms with Crippen LogP contribution in [0.2, 0.25) is 0 Å². The fourth-order valence-corrected chi connectivity index (χ4v) is 1.09. The molecule has 1 heterocycles. The van der Waals surface area contributed by atoms with Crippen molar-refractivity contribution in [2.45, 2.75) is 6.43 Å². The molecule has 0 aromatic carbocycles. The zero-order valence-corrected chi connectivity index (χ0v) is 7.85. The predicted molar refractivity (Wildman–Crippen MR) is 46.3 cm³/mol. The molecule has 0 saturated carbocycles. The van der Waals surface area contributed by atoms with E-state index in [2.05, 4.69) is 4.98 Å². The summed E-state index contributed by atoms with van der Waals surface area (Å²) in [5.74, 6) is -0.881. The Bertz CT molecular complexity index is 303. The van der Waals surface area contributed by atoms with Crippen LogP contribution >= 0.6 is 22.6 Å². The number of hydrogen-bond acceptors (Lipinski definition) is 2. The lowest BCUT2D eigenvalue weighted by Gasteiger charge is -2.04. The minimum atomic E-state index is -2.79. The molecule has 2 nitrogen and oxygen atoms in total. The summed E-state index contributed by atoms with van der Waals surface area (Å²) >= 11 is 1.58. The van der Waals surface area contributed by atoms with Gasteiger partial charge in [0.15, 0.2) is 5.82 Å². The smallest absolute Gasteiger partial charge is 0.267 e. The van der Waals surface area contributed by atoms with E-state index >= 15 is 0 Å². The van der Waals surface area contributed by atoms with Gasteiger partial charge in [0.2, 0.25) is 0 Å². The maximum absolute atomic E-state index is 12.8. The Kier molecular flexibility index (Phi) is 2.76. The van der Waals surface area contributed by atoms with Crippen molar-refractivity contribution in [3.63, 3.8) is 0 Å². The Morgan fingerprint density at radius 2 is 2.08 bits per heavy atom. The average molecular weight is 288 g/mol. The van der Waals surface area contributed by atoms with E-state index in [1.807, 2.05) is 0 Å². The molecule has 6 heteroatoms. The molecule has 1 aromatic rings. The van der Waals surface area contributed by atoms with Crippen LogP contribution in [0.5, 0.6) is 0 Å². The van der Waals surface area contributed by atoms with Gasteiger partial charge in [0.1, 0.15) is 3.70 Å². The minimum absolute atomic E-state index is 0.00509. The van der Waals surface area contributed by atoms with Crippen LogP contribution in [0.4, 0.5) is 18.9 Å². The average Bonchev–Trinajstić information content (AvgIpc) is 2.00. The lowest BCUT2D eigenvalue weighted by Crippen LogP contribution is -2.02. The number of nitrogen functional groups attached to an aromatic ring is 1.